The lowest BCUT2D eigenvalue weighted by atomic mass is 9.78. The predicted molar refractivity (Wildman–Crippen MR) is 42.9 cm³/mol. The van der Waals surface area contributed by atoms with E-state index in [0.717, 1.165) is 25.2 Å². The summed E-state index contributed by atoms with van der Waals surface area (Å²) in [6.45, 7) is 4.32. The van der Waals surface area contributed by atoms with Crippen LogP contribution >= 0.6 is 0 Å². The minimum absolute atomic E-state index is 0.308. The first-order valence-electron chi connectivity index (χ1n) is 4.39. The molecule has 1 N–H and O–H groups in total. The molecule has 1 nitrogen and oxygen atoms in total. The highest BCUT2D eigenvalue weighted by atomic mass is 16.3. The van der Waals surface area contributed by atoms with Gasteiger partial charge in [0.25, 0.3) is 0 Å². The zero-order valence-electron chi connectivity index (χ0n) is 7.06. The number of hydrogen-bond acceptors (Lipinski definition) is 1. The van der Waals surface area contributed by atoms with Gasteiger partial charge >= 0.3 is 0 Å². The van der Waals surface area contributed by atoms with Gasteiger partial charge in [0.15, 0.2) is 0 Å². The van der Waals surface area contributed by atoms with Gasteiger partial charge in [-0.3, -0.25) is 0 Å². The molecular weight excluding hydrogens is 124 g/mol. The standard InChI is InChI=1S/C9H18O/c1-3-9(10)6-4-5-8(2)7-9/h8,10H,3-7H2,1-2H3/t8-,9?/m0/s1. The summed E-state index contributed by atoms with van der Waals surface area (Å²) in [4.78, 5) is 0. The first-order valence-corrected chi connectivity index (χ1v) is 4.39. The fourth-order valence-corrected chi connectivity index (χ4v) is 1.95. The lowest BCUT2D eigenvalue weighted by Crippen LogP contribution is -2.33. The molecule has 0 heterocycles. The Kier molecular flexibility index (Phi) is 2.35. The summed E-state index contributed by atoms with van der Waals surface area (Å²) < 4.78 is 0. The molecule has 1 aliphatic carbocycles. The second-order valence-corrected chi connectivity index (χ2v) is 3.78. The maximum atomic E-state index is 9.85. The van der Waals surface area contributed by atoms with Gasteiger partial charge in [0.1, 0.15) is 0 Å². The molecule has 1 saturated carbocycles. The monoisotopic (exact) mass is 142 g/mol. The van der Waals surface area contributed by atoms with Crippen molar-refractivity contribution >= 4 is 0 Å². The van der Waals surface area contributed by atoms with Crippen LogP contribution in [0.15, 0.2) is 0 Å². The van der Waals surface area contributed by atoms with Gasteiger partial charge in [0.05, 0.1) is 5.60 Å². The van der Waals surface area contributed by atoms with Crippen molar-refractivity contribution in [2.24, 2.45) is 5.92 Å². The Labute approximate surface area is 63.4 Å². The molecule has 0 amide bonds. The van der Waals surface area contributed by atoms with E-state index in [-0.39, 0.29) is 5.60 Å². The van der Waals surface area contributed by atoms with Gasteiger partial charge in [-0.15, -0.1) is 0 Å². The maximum Gasteiger partial charge on any atom is 0.0647 e. The van der Waals surface area contributed by atoms with Crippen LogP contribution in [0.4, 0.5) is 0 Å². The molecule has 10 heavy (non-hydrogen) atoms. The zero-order chi connectivity index (χ0) is 7.61. The molecule has 0 radical (unpaired) electrons. The quantitative estimate of drug-likeness (QED) is 0.595. The first kappa shape index (κ1) is 8.06. The van der Waals surface area contributed by atoms with Gasteiger partial charge in [0, 0.05) is 0 Å². The molecule has 0 aliphatic heterocycles. The largest absolute Gasteiger partial charge is 0.390 e. The molecule has 0 saturated heterocycles. The maximum absolute atomic E-state index is 9.85. The van der Waals surface area contributed by atoms with Crippen molar-refractivity contribution < 1.29 is 5.11 Å². The average molecular weight is 142 g/mol. The number of rotatable bonds is 1. The molecular formula is C9H18O. The summed E-state index contributed by atoms with van der Waals surface area (Å²) in [5.74, 6) is 0.735. The second-order valence-electron chi connectivity index (χ2n) is 3.78. The summed E-state index contributed by atoms with van der Waals surface area (Å²) in [5.41, 5.74) is -0.308. The van der Waals surface area contributed by atoms with Crippen LogP contribution < -0.4 is 0 Å². The third kappa shape index (κ3) is 1.72. The third-order valence-electron chi connectivity index (χ3n) is 2.73. The van der Waals surface area contributed by atoms with Crippen LogP contribution in [-0.2, 0) is 0 Å². The van der Waals surface area contributed by atoms with Crippen LogP contribution in [0.2, 0.25) is 0 Å². The van der Waals surface area contributed by atoms with Crippen LogP contribution in [0.1, 0.15) is 46.0 Å². The molecule has 0 aromatic heterocycles. The van der Waals surface area contributed by atoms with Crippen molar-refractivity contribution in [3.8, 4) is 0 Å². The minimum atomic E-state index is -0.308. The minimum Gasteiger partial charge on any atom is -0.390 e. The first-order chi connectivity index (χ1) is 4.66. The Hall–Kier alpha value is -0.0400. The van der Waals surface area contributed by atoms with Gasteiger partial charge in [0.2, 0.25) is 0 Å². The highest BCUT2D eigenvalue weighted by Gasteiger charge is 2.30. The summed E-state index contributed by atoms with van der Waals surface area (Å²) in [7, 11) is 0. The summed E-state index contributed by atoms with van der Waals surface area (Å²) in [5, 5.41) is 9.85. The molecule has 0 bridgehead atoms. The lowest BCUT2D eigenvalue weighted by Gasteiger charge is -2.34. The fraction of sp³-hybridized carbons (Fsp3) is 1.00. The summed E-state index contributed by atoms with van der Waals surface area (Å²) in [6.07, 6.45) is 5.49. The van der Waals surface area contributed by atoms with Crippen molar-refractivity contribution in [1.29, 1.82) is 0 Å². The number of aliphatic hydroxyl groups is 1. The molecule has 0 aromatic carbocycles. The van der Waals surface area contributed by atoms with Crippen LogP contribution in [0.5, 0.6) is 0 Å². The molecule has 2 atom stereocenters. The normalized spacial score (nSPS) is 41.7. The van der Waals surface area contributed by atoms with E-state index in [4.69, 9.17) is 0 Å². The second kappa shape index (κ2) is 2.91. The highest BCUT2D eigenvalue weighted by molar-refractivity contribution is 4.83. The van der Waals surface area contributed by atoms with Gasteiger partial charge < -0.3 is 5.11 Å². The predicted octanol–water partition coefficient (Wildman–Crippen LogP) is 2.34. The van der Waals surface area contributed by atoms with E-state index in [2.05, 4.69) is 13.8 Å². The van der Waals surface area contributed by atoms with Gasteiger partial charge in [-0.25, -0.2) is 0 Å². The molecule has 1 heteroatoms. The summed E-state index contributed by atoms with van der Waals surface area (Å²) in [6, 6.07) is 0. The van der Waals surface area contributed by atoms with Crippen LogP contribution in [0.25, 0.3) is 0 Å². The van der Waals surface area contributed by atoms with Crippen molar-refractivity contribution in [2.75, 3.05) is 0 Å². The Bertz CT molecular complexity index is 111. The van der Waals surface area contributed by atoms with E-state index in [0.29, 0.717) is 0 Å². The third-order valence-corrected chi connectivity index (χ3v) is 2.73. The average Bonchev–Trinajstić information content (AvgIpc) is 1.88. The van der Waals surface area contributed by atoms with Gasteiger partial charge in [-0.2, -0.15) is 0 Å². The van der Waals surface area contributed by atoms with E-state index in [9.17, 15) is 5.11 Å². The summed E-state index contributed by atoms with van der Waals surface area (Å²) >= 11 is 0. The molecule has 0 aromatic rings. The van der Waals surface area contributed by atoms with E-state index in [1.54, 1.807) is 0 Å². The van der Waals surface area contributed by atoms with Crippen LogP contribution in [0, 0.1) is 5.92 Å². The fourth-order valence-electron chi connectivity index (χ4n) is 1.95. The zero-order valence-corrected chi connectivity index (χ0v) is 7.06. The topological polar surface area (TPSA) is 20.2 Å². The van der Waals surface area contributed by atoms with Crippen molar-refractivity contribution in [3.63, 3.8) is 0 Å². The van der Waals surface area contributed by atoms with Crippen LogP contribution in [0.3, 0.4) is 0 Å². The Morgan fingerprint density at radius 3 is 2.70 bits per heavy atom. The molecule has 1 unspecified atom stereocenters. The Balaban J connectivity index is 2.45. The van der Waals surface area contributed by atoms with E-state index < -0.39 is 0 Å². The molecule has 1 aliphatic rings. The van der Waals surface area contributed by atoms with Crippen LogP contribution in [-0.4, -0.2) is 10.7 Å². The van der Waals surface area contributed by atoms with E-state index in [1.165, 1.54) is 12.8 Å². The van der Waals surface area contributed by atoms with Crippen molar-refractivity contribution in [3.05, 3.63) is 0 Å². The highest BCUT2D eigenvalue weighted by Crippen LogP contribution is 2.33. The van der Waals surface area contributed by atoms with Gasteiger partial charge in [-0.1, -0.05) is 26.7 Å². The number of hydrogen-bond donors (Lipinski definition) is 1. The Morgan fingerprint density at radius 2 is 2.30 bits per heavy atom. The molecule has 60 valence electrons. The molecule has 1 rings (SSSR count). The molecule has 0 spiro atoms. The SMILES string of the molecule is CCC1(O)CCC[C@H](C)C1. The van der Waals surface area contributed by atoms with E-state index >= 15 is 0 Å². The smallest absolute Gasteiger partial charge is 0.0647 e. The van der Waals surface area contributed by atoms with Crippen molar-refractivity contribution in [1.82, 2.24) is 0 Å². The molecule has 1 fully saturated rings. The van der Waals surface area contributed by atoms with Crippen molar-refractivity contribution in [2.45, 2.75) is 51.6 Å². The van der Waals surface area contributed by atoms with Gasteiger partial charge in [-0.05, 0) is 25.2 Å². The lowest BCUT2D eigenvalue weighted by molar-refractivity contribution is -0.0159. The van der Waals surface area contributed by atoms with E-state index in [1.807, 2.05) is 0 Å². The Morgan fingerprint density at radius 1 is 1.60 bits per heavy atom.